The third-order valence-electron chi connectivity index (χ3n) is 2.30. The van der Waals surface area contributed by atoms with Crippen molar-refractivity contribution in [3.8, 4) is 0 Å². The molecule has 0 saturated carbocycles. The van der Waals surface area contributed by atoms with Crippen LogP contribution in [0.5, 0.6) is 0 Å². The molecular formula is C14H12ClN. The normalized spacial score (nSPS) is 11.5. The highest BCUT2D eigenvalue weighted by Gasteiger charge is 1.96. The number of hydrogen-bond acceptors (Lipinski definition) is 1. The summed E-state index contributed by atoms with van der Waals surface area (Å²) in [6, 6.07) is 13.7. The molecule has 0 bridgehead atoms. The van der Waals surface area contributed by atoms with Gasteiger partial charge >= 0.3 is 0 Å². The molecule has 2 heteroatoms. The van der Waals surface area contributed by atoms with Gasteiger partial charge < -0.3 is 0 Å². The molecule has 0 unspecified atom stereocenters. The first-order valence-corrected chi connectivity index (χ1v) is 5.49. The van der Waals surface area contributed by atoms with E-state index in [-0.39, 0.29) is 0 Å². The van der Waals surface area contributed by atoms with Crippen LogP contribution < -0.4 is 0 Å². The van der Waals surface area contributed by atoms with Crippen molar-refractivity contribution in [2.45, 2.75) is 6.92 Å². The lowest BCUT2D eigenvalue weighted by molar-refractivity contribution is 1.27. The minimum Gasteiger partial charge on any atom is -0.257 e. The lowest BCUT2D eigenvalue weighted by Gasteiger charge is -2.00. The minimum atomic E-state index is 0.752. The lowest BCUT2D eigenvalue weighted by Crippen LogP contribution is -1.83. The fraction of sp³-hybridized carbons (Fsp3) is 0.0714. The van der Waals surface area contributed by atoms with Crippen LogP contribution in [-0.2, 0) is 0 Å². The minimum absolute atomic E-state index is 0.752. The highest BCUT2D eigenvalue weighted by molar-refractivity contribution is 6.30. The van der Waals surface area contributed by atoms with E-state index in [0.717, 1.165) is 21.9 Å². The van der Waals surface area contributed by atoms with Crippen LogP contribution in [0.1, 0.15) is 18.2 Å². The zero-order chi connectivity index (χ0) is 11.4. The lowest BCUT2D eigenvalue weighted by atomic mass is 10.1. The van der Waals surface area contributed by atoms with Crippen LogP contribution in [0.15, 0.2) is 48.7 Å². The van der Waals surface area contributed by atoms with Crippen molar-refractivity contribution >= 4 is 23.3 Å². The van der Waals surface area contributed by atoms with Crippen LogP contribution in [0.2, 0.25) is 5.02 Å². The molecule has 0 spiro atoms. The molecule has 1 aromatic heterocycles. The summed E-state index contributed by atoms with van der Waals surface area (Å²) in [5.74, 6) is 0. The molecule has 0 aliphatic carbocycles. The maximum absolute atomic E-state index is 5.93. The first-order valence-electron chi connectivity index (χ1n) is 5.11. The summed E-state index contributed by atoms with van der Waals surface area (Å²) in [4.78, 5) is 4.30. The molecular weight excluding hydrogens is 218 g/mol. The van der Waals surface area contributed by atoms with E-state index in [2.05, 4.69) is 11.1 Å². The Balaban J connectivity index is 2.32. The largest absolute Gasteiger partial charge is 0.257 e. The van der Waals surface area contributed by atoms with Gasteiger partial charge in [0, 0.05) is 11.2 Å². The van der Waals surface area contributed by atoms with Crippen molar-refractivity contribution in [3.05, 3.63) is 64.9 Å². The number of pyridine rings is 1. The summed E-state index contributed by atoms with van der Waals surface area (Å²) in [6.07, 6.45) is 3.87. The third-order valence-corrected chi connectivity index (χ3v) is 2.54. The van der Waals surface area contributed by atoms with Gasteiger partial charge in [0.2, 0.25) is 0 Å². The Morgan fingerprint density at radius 1 is 1.19 bits per heavy atom. The van der Waals surface area contributed by atoms with E-state index in [0.29, 0.717) is 0 Å². The Kier molecular flexibility index (Phi) is 3.37. The van der Waals surface area contributed by atoms with Crippen molar-refractivity contribution in [1.82, 2.24) is 4.98 Å². The predicted octanol–water partition coefficient (Wildman–Crippen LogP) is 4.30. The van der Waals surface area contributed by atoms with Crippen LogP contribution in [0.25, 0.3) is 11.6 Å². The van der Waals surface area contributed by atoms with Crippen LogP contribution >= 0.6 is 11.6 Å². The van der Waals surface area contributed by atoms with E-state index in [9.17, 15) is 0 Å². The molecule has 0 atom stereocenters. The van der Waals surface area contributed by atoms with Gasteiger partial charge in [-0.1, -0.05) is 29.8 Å². The van der Waals surface area contributed by atoms with Gasteiger partial charge in [-0.05, 0) is 48.4 Å². The highest BCUT2D eigenvalue weighted by atomic mass is 35.5. The van der Waals surface area contributed by atoms with Gasteiger partial charge in [0.15, 0.2) is 0 Å². The van der Waals surface area contributed by atoms with Gasteiger partial charge in [-0.2, -0.15) is 0 Å². The zero-order valence-corrected chi connectivity index (χ0v) is 9.78. The predicted molar refractivity (Wildman–Crippen MR) is 69.2 cm³/mol. The molecule has 0 aliphatic heterocycles. The first kappa shape index (κ1) is 10.9. The van der Waals surface area contributed by atoms with E-state index in [1.165, 1.54) is 0 Å². The van der Waals surface area contributed by atoms with E-state index in [1.807, 2.05) is 49.4 Å². The number of hydrogen-bond donors (Lipinski definition) is 0. The quantitative estimate of drug-likeness (QED) is 0.749. The Bertz CT molecular complexity index is 503. The average Bonchev–Trinajstić information content (AvgIpc) is 2.30. The molecule has 0 radical (unpaired) electrons. The number of aromatic nitrogens is 1. The number of rotatable bonds is 2. The summed E-state index contributed by atoms with van der Waals surface area (Å²) in [5, 5.41) is 0.752. The SMILES string of the molecule is C/C(=C\c1cccc(Cl)c1)c1ccccn1. The Morgan fingerprint density at radius 3 is 2.75 bits per heavy atom. The second kappa shape index (κ2) is 4.95. The fourth-order valence-electron chi connectivity index (χ4n) is 1.52. The molecule has 16 heavy (non-hydrogen) atoms. The molecule has 1 aromatic carbocycles. The summed E-state index contributed by atoms with van der Waals surface area (Å²) in [7, 11) is 0. The molecule has 2 aromatic rings. The van der Waals surface area contributed by atoms with E-state index >= 15 is 0 Å². The standard InChI is InChI=1S/C14H12ClN/c1-11(14-7-2-3-8-16-14)9-12-5-4-6-13(15)10-12/h2-10H,1H3/b11-9+. The first-order chi connectivity index (χ1) is 7.75. The van der Waals surface area contributed by atoms with Gasteiger partial charge in [0.05, 0.1) is 5.69 Å². The maximum atomic E-state index is 5.93. The number of nitrogens with zero attached hydrogens (tertiary/aromatic N) is 1. The number of benzene rings is 1. The van der Waals surface area contributed by atoms with Gasteiger partial charge in [-0.25, -0.2) is 0 Å². The molecule has 1 heterocycles. The van der Waals surface area contributed by atoms with Gasteiger partial charge in [0.1, 0.15) is 0 Å². The van der Waals surface area contributed by atoms with Crippen molar-refractivity contribution in [2.24, 2.45) is 0 Å². The van der Waals surface area contributed by atoms with Crippen molar-refractivity contribution in [3.63, 3.8) is 0 Å². The molecule has 0 saturated heterocycles. The summed E-state index contributed by atoms with van der Waals surface area (Å²) in [5.41, 5.74) is 3.21. The van der Waals surface area contributed by atoms with Crippen molar-refractivity contribution < 1.29 is 0 Å². The summed E-state index contributed by atoms with van der Waals surface area (Å²) < 4.78 is 0. The summed E-state index contributed by atoms with van der Waals surface area (Å²) in [6.45, 7) is 2.04. The van der Waals surface area contributed by atoms with Crippen LogP contribution in [0.4, 0.5) is 0 Å². The second-order valence-corrected chi connectivity index (χ2v) is 4.03. The Morgan fingerprint density at radius 2 is 2.06 bits per heavy atom. The Labute approximate surface area is 100 Å². The molecule has 0 amide bonds. The molecule has 0 fully saturated rings. The molecule has 2 rings (SSSR count). The van der Waals surface area contributed by atoms with E-state index in [1.54, 1.807) is 6.20 Å². The van der Waals surface area contributed by atoms with E-state index in [4.69, 9.17) is 11.6 Å². The number of halogens is 1. The van der Waals surface area contributed by atoms with Gasteiger partial charge in [0.25, 0.3) is 0 Å². The van der Waals surface area contributed by atoms with Crippen molar-refractivity contribution in [2.75, 3.05) is 0 Å². The molecule has 0 N–H and O–H groups in total. The van der Waals surface area contributed by atoms with E-state index < -0.39 is 0 Å². The summed E-state index contributed by atoms with van der Waals surface area (Å²) >= 11 is 5.93. The molecule has 1 nitrogen and oxygen atoms in total. The number of allylic oxidation sites excluding steroid dienone is 1. The zero-order valence-electron chi connectivity index (χ0n) is 9.02. The average molecular weight is 230 g/mol. The monoisotopic (exact) mass is 229 g/mol. The molecule has 0 aliphatic rings. The van der Waals surface area contributed by atoms with Crippen LogP contribution in [0, 0.1) is 0 Å². The maximum Gasteiger partial charge on any atom is 0.0658 e. The molecule has 80 valence electrons. The highest BCUT2D eigenvalue weighted by Crippen LogP contribution is 2.17. The fourth-order valence-corrected chi connectivity index (χ4v) is 1.72. The second-order valence-electron chi connectivity index (χ2n) is 3.60. The third kappa shape index (κ3) is 2.71. The Hall–Kier alpha value is -1.60. The van der Waals surface area contributed by atoms with Crippen LogP contribution in [-0.4, -0.2) is 4.98 Å². The van der Waals surface area contributed by atoms with Crippen LogP contribution in [0.3, 0.4) is 0 Å². The smallest absolute Gasteiger partial charge is 0.0658 e. The topological polar surface area (TPSA) is 12.9 Å². The van der Waals surface area contributed by atoms with Gasteiger partial charge in [-0.3, -0.25) is 4.98 Å². The van der Waals surface area contributed by atoms with Gasteiger partial charge in [-0.15, -0.1) is 0 Å². The van der Waals surface area contributed by atoms with Crippen molar-refractivity contribution in [1.29, 1.82) is 0 Å².